The van der Waals surface area contributed by atoms with Gasteiger partial charge < -0.3 is 4.90 Å². The van der Waals surface area contributed by atoms with E-state index in [1.54, 1.807) is 0 Å². The van der Waals surface area contributed by atoms with Gasteiger partial charge >= 0.3 is 0 Å². The van der Waals surface area contributed by atoms with Crippen LogP contribution in [0.2, 0.25) is 0 Å². The topological polar surface area (TPSA) is 31.9 Å². The molecule has 0 amide bonds. The standard InChI is InChI=1S/C27H27N3/c1-19-14-16-30(24-12-13-27-26(18-24)20(2)28-29-27)15-6-5-9-25(19)23-11-10-21-7-3-4-8-22(21)17-23/h5-6,9-14,16-18H,1,3-4,7-8,15H2,2H3,(H,28,29)/b6-5-,16-14-,25-9?. The summed E-state index contributed by atoms with van der Waals surface area (Å²) in [5, 5.41) is 8.57. The van der Waals surface area contributed by atoms with Crippen LogP contribution in [0, 0.1) is 6.92 Å². The largest absolute Gasteiger partial charge is 0.344 e. The molecule has 0 spiro atoms. The van der Waals surface area contributed by atoms with Gasteiger partial charge in [0.1, 0.15) is 0 Å². The molecule has 1 N–H and O–H groups in total. The van der Waals surface area contributed by atoms with Crippen LogP contribution in [0.1, 0.15) is 35.2 Å². The third-order valence-electron chi connectivity index (χ3n) is 6.22. The van der Waals surface area contributed by atoms with Crippen molar-refractivity contribution in [1.82, 2.24) is 10.2 Å². The van der Waals surface area contributed by atoms with E-state index in [2.05, 4.69) is 95.5 Å². The van der Waals surface area contributed by atoms with Crippen molar-refractivity contribution < 1.29 is 0 Å². The van der Waals surface area contributed by atoms with Crippen LogP contribution in [-0.4, -0.2) is 16.7 Å². The summed E-state index contributed by atoms with van der Waals surface area (Å²) in [6.45, 7) is 7.25. The molecule has 0 fully saturated rings. The Balaban J connectivity index is 1.45. The molecular weight excluding hydrogens is 366 g/mol. The van der Waals surface area contributed by atoms with Crippen molar-refractivity contribution in [3.05, 3.63) is 101 Å². The van der Waals surface area contributed by atoms with Gasteiger partial charge in [0, 0.05) is 29.5 Å². The molecular formula is C27H27N3. The van der Waals surface area contributed by atoms with E-state index in [9.17, 15) is 0 Å². The molecule has 2 aliphatic rings. The number of H-pyrrole nitrogens is 1. The van der Waals surface area contributed by atoms with Crippen LogP contribution < -0.4 is 4.90 Å². The monoisotopic (exact) mass is 393 g/mol. The van der Waals surface area contributed by atoms with Crippen molar-refractivity contribution in [3.8, 4) is 0 Å². The van der Waals surface area contributed by atoms with Gasteiger partial charge in [-0.2, -0.15) is 5.10 Å². The van der Waals surface area contributed by atoms with E-state index < -0.39 is 0 Å². The number of nitrogens with one attached hydrogen (secondary N) is 1. The maximum Gasteiger partial charge on any atom is 0.0925 e. The second kappa shape index (κ2) is 7.83. The Morgan fingerprint density at radius 2 is 1.90 bits per heavy atom. The van der Waals surface area contributed by atoms with Gasteiger partial charge in [0.25, 0.3) is 0 Å². The first-order chi connectivity index (χ1) is 14.7. The SMILES string of the molecule is C=C1/C=C\N(c2ccc3n[nH]c(C)c3c2)C/C=C\C=C1c1ccc2c(c1)CCCC2. The number of hydrogen-bond acceptors (Lipinski definition) is 2. The molecule has 0 bridgehead atoms. The molecule has 0 atom stereocenters. The molecule has 0 radical (unpaired) electrons. The summed E-state index contributed by atoms with van der Waals surface area (Å²) in [6, 6.07) is 13.3. The minimum Gasteiger partial charge on any atom is -0.344 e. The van der Waals surface area contributed by atoms with Gasteiger partial charge in [0.15, 0.2) is 0 Å². The van der Waals surface area contributed by atoms with Gasteiger partial charge in [-0.3, -0.25) is 5.10 Å². The number of aryl methyl sites for hydroxylation is 3. The van der Waals surface area contributed by atoms with E-state index in [0.717, 1.165) is 34.4 Å². The van der Waals surface area contributed by atoms with Gasteiger partial charge in [-0.15, -0.1) is 0 Å². The van der Waals surface area contributed by atoms with Crippen molar-refractivity contribution in [2.75, 3.05) is 11.4 Å². The summed E-state index contributed by atoms with van der Waals surface area (Å²) < 4.78 is 0. The molecule has 0 saturated carbocycles. The summed E-state index contributed by atoms with van der Waals surface area (Å²) in [5.41, 5.74) is 9.75. The van der Waals surface area contributed by atoms with E-state index in [4.69, 9.17) is 0 Å². The summed E-state index contributed by atoms with van der Waals surface area (Å²) >= 11 is 0. The number of nitrogens with zero attached hydrogens (tertiary/aromatic N) is 2. The maximum absolute atomic E-state index is 4.38. The van der Waals surface area contributed by atoms with E-state index in [1.165, 1.54) is 47.9 Å². The van der Waals surface area contributed by atoms with Crippen molar-refractivity contribution in [3.63, 3.8) is 0 Å². The fourth-order valence-electron chi connectivity index (χ4n) is 4.46. The van der Waals surface area contributed by atoms with Crippen molar-refractivity contribution in [1.29, 1.82) is 0 Å². The summed E-state index contributed by atoms with van der Waals surface area (Å²) in [4.78, 5) is 2.25. The fraction of sp³-hybridized carbons (Fsp3) is 0.222. The molecule has 2 heterocycles. The number of aromatic nitrogens is 2. The molecule has 0 saturated heterocycles. The smallest absolute Gasteiger partial charge is 0.0925 e. The number of aromatic amines is 1. The Morgan fingerprint density at radius 3 is 2.80 bits per heavy atom. The number of anilines is 1. The van der Waals surface area contributed by atoms with Crippen LogP contribution in [0.25, 0.3) is 16.5 Å². The number of allylic oxidation sites excluding steroid dienone is 5. The predicted molar refractivity (Wildman–Crippen MR) is 127 cm³/mol. The first-order valence-corrected chi connectivity index (χ1v) is 10.8. The third kappa shape index (κ3) is 3.52. The lowest BCUT2D eigenvalue weighted by atomic mass is 9.88. The summed E-state index contributed by atoms with van der Waals surface area (Å²) in [7, 11) is 0. The Morgan fingerprint density at radius 1 is 1.03 bits per heavy atom. The molecule has 3 aromatic rings. The van der Waals surface area contributed by atoms with E-state index in [0.29, 0.717) is 0 Å². The van der Waals surface area contributed by atoms with Crippen LogP contribution in [0.5, 0.6) is 0 Å². The van der Waals surface area contributed by atoms with E-state index in [1.807, 2.05) is 0 Å². The van der Waals surface area contributed by atoms with Crippen molar-refractivity contribution in [2.24, 2.45) is 0 Å². The average molecular weight is 394 g/mol. The van der Waals surface area contributed by atoms with Crippen molar-refractivity contribution >= 4 is 22.2 Å². The highest BCUT2D eigenvalue weighted by atomic mass is 15.1. The Hall–Kier alpha value is -3.33. The number of benzene rings is 2. The van der Waals surface area contributed by atoms with E-state index >= 15 is 0 Å². The second-order valence-corrected chi connectivity index (χ2v) is 8.24. The van der Waals surface area contributed by atoms with Crippen LogP contribution in [0.3, 0.4) is 0 Å². The van der Waals surface area contributed by atoms with Gasteiger partial charge in [0.2, 0.25) is 0 Å². The first kappa shape index (κ1) is 18.7. The maximum atomic E-state index is 4.38. The summed E-state index contributed by atoms with van der Waals surface area (Å²) in [6.07, 6.45) is 15.8. The number of fused-ring (bicyclic) bond motifs is 2. The molecule has 30 heavy (non-hydrogen) atoms. The van der Waals surface area contributed by atoms with Crippen LogP contribution in [0.4, 0.5) is 5.69 Å². The van der Waals surface area contributed by atoms with Gasteiger partial charge in [-0.05, 0) is 84.7 Å². The second-order valence-electron chi connectivity index (χ2n) is 8.24. The zero-order valence-corrected chi connectivity index (χ0v) is 17.5. The highest BCUT2D eigenvalue weighted by Crippen LogP contribution is 2.30. The fourth-order valence-corrected chi connectivity index (χ4v) is 4.46. The minimum absolute atomic E-state index is 0.806. The lowest BCUT2D eigenvalue weighted by Crippen LogP contribution is -2.15. The third-order valence-corrected chi connectivity index (χ3v) is 6.22. The van der Waals surface area contributed by atoms with Gasteiger partial charge in [0.05, 0.1) is 5.52 Å². The minimum atomic E-state index is 0.806. The molecule has 3 heteroatoms. The Bertz CT molecular complexity index is 1210. The van der Waals surface area contributed by atoms with Gasteiger partial charge in [-0.25, -0.2) is 0 Å². The first-order valence-electron chi connectivity index (χ1n) is 10.8. The number of rotatable bonds is 2. The van der Waals surface area contributed by atoms with Gasteiger partial charge in [-0.1, -0.05) is 43.0 Å². The Kier molecular flexibility index (Phi) is 4.88. The molecule has 150 valence electrons. The van der Waals surface area contributed by atoms with Crippen molar-refractivity contribution in [2.45, 2.75) is 32.6 Å². The highest BCUT2D eigenvalue weighted by molar-refractivity contribution is 5.86. The summed E-state index contributed by atoms with van der Waals surface area (Å²) in [5.74, 6) is 0. The molecule has 1 aliphatic carbocycles. The highest BCUT2D eigenvalue weighted by Gasteiger charge is 2.13. The zero-order chi connectivity index (χ0) is 20.5. The lowest BCUT2D eigenvalue weighted by molar-refractivity contribution is 0.685. The number of hydrogen-bond donors (Lipinski definition) is 1. The van der Waals surface area contributed by atoms with Crippen LogP contribution in [0.15, 0.2) is 79.1 Å². The quantitative estimate of drug-likeness (QED) is 0.556. The predicted octanol–water partition coefficient (Wildman–Crippen LogP) is 6.28. The van der Waals surface area contributed by atoms with E-state index in [-0.39, 0.29) is 0 Å². The lowest BCUT2D eigenvalue weighted by Gasteiger charge is -2.19. The Labute approximate surface area is 178 Å². The average Bonchev–Trinajstić information content (AvgIpc) is 3.18. The van der Waals surface area contributed by atoms with Crippen LogP contribution >= 0.6 is 0 Å². The molecule has 5 rings (SSSR count). The molecule has 1 aromatic heterocycles. The molecule has 3 nitrogen and oxygen atoms in total. The molecule has 1 aliphatic heterocycles. The molecule has 0 unspecified atom stereocenters. The normalized spacial score (nSPS) is 18.9. The van der Waals surface area contributed by atoms with Crippen LogP contribution in [-0.2, 0) is 12.8 Å². The zero-order valence-electron chi connectivity index (χ0n) is 17.5. The molecule has 2 aromatic carbocycles.